The van der Waals surface area contributed by atoms with E-state index in [-0.39, 0.29) is 24.8 Å². The van der Waals surface area contributed by atoms with Gasteiger partial charge in [0.25, 0.3) is 5.91 Å². The Bertz CT molecular complexity index is 1950. The molecular formula is C32H29FN8O4. The van der Waals surface area contributed by atoms with E-state index in [1.807, 2.05) is 13.0 Å². The van der Waals surface area contributed by atoms with Gasteiger partial charge in [-0.3, -0.25) is 14.6 Å². The lowest BCUT2D eigenvalue weighted by molar-refractivity contribution is -0.123. The molecule has 5 aromatic rings. The molecule has 2 aromatic carbocycles. The van der Waals surface area contributed by atoms with Crippen LogP contribution in [0.1, 0.15) is 41.0 Å². The van der Waals surface area contributed by atoms with Gasteiger partial charge in [-0.1, -0.05) is 0 Å². The highest BCUT2D eigenvalue weighted by atomic mass is 19.1. The molecule has 5 N–H and O–H groups in total. The van der Waals surface area contributed by atoms with Gasteiger partial charge in [0.15, 0.2) is 0 Å². The molecule has 1 aliphatic rings. The summed E-state index contributed by atoms with van der Waals surface area (Å²) in [5.74, 6) is -0.914. The number of aryl methyl sites for hydroxylation is 1. The third kappa shape index (κ3) is 5.60. The molecule has 2 atom stereocenters. The maximum Gasteiger partial charge on any atom is 0.251 e. The Balaban J connectivity index is 1.33. The van der Waals surface area contributed by atoms with Gasteiger partial charge in [0.2, 0.25) is 11.9 Å². The van der Waals surface area contributed by atoms with Gasteiger partial charge in [0.05, 0.1) is 23.4 Å². The van der Waals surface area contributed by atoms with E-state index in [0.29, 0.717) is 44.7 Å². The third-order valence-electron chi connectivity index (χ3n) is 7.80. The van der Waals surface area contributed by atoms with Crippen molar-refractivity contribution in [3.05, 3.63) is 95.6 Å². The SMILES string of the molecule is Cc1cnc2c(Nc3ncncn3)cc(C(=O)NC[C@](C)(O)c3cc4c(c(-c5ccc(F)cc5)n3)OC[C@]4(C)C(N)=O)cc2c1. The fourth-order valence-corrected chi connectivity index (χ4v) is 5.12. The van der Waals surface area contributed by atoms with Crippen LogP contribution < -0.4 is 21.1 Å². The fourth-order valence-electron chi connectivity index (χ4n) is 5.12. The zero-order chi connectivity index (χ0) is 31.9. The highest BCUT2D eigenvalue weighted by Crippen LogP contribution is 2.45. The maximum absolute atomic E-state index is 13.7. The van der Waals surface area contributed by atoms with Gasteiger partial charge < -0.3 is 26.2 Å². The van der Waals surface area contributed by atoms with Crippen molar-refractivity contribution >= 4 is 34.4 Å². The van der Waals surface area contributed by atoms with Crippen molar-refractivity contribution in [2.24, 2.45) is 5.73 Å². The molecule has 0 fully saturated rings. The van der Waals surface area contributed by atoms with Gasteiger partial charge in [0, 0.05) is 28.3 Å². The van der Waals surface area contributed by atoms with E-state index in [1.54, 1.807) is 31.3 Å². The number of carbonyl (C=O) groups excluding carboxylic acids is 2. The Hall–Kier alpha value is -5.56. The number of hydrogen-bond acceptors (Lipinski definition) is 10. The first-order valence-corrected chi connectivity index (χ1v) is 14.0. The molecule has 0 bridgehead atoms. The number of amides is 2. The number of aromatic nitrogens is 5. The van der Waals surface area contributed by atoms with Crippen LogP contribution in [0.3, 0.4) is 0 Å². The molecule has 228 valence electrons. The molecule has 13 heteroatoms. The minimum Gasteiger partial charge on any atom is -0.489 e. The number of anilines is 2. The molecule has 3 aromatic heterocycles. The summed E-state index contributed by atoms with van der Waals surface area (Å²) >= 11 is 0. The van der Waals surface area contributed by atoms with Gasteiger partial charge >= 0.3 is 0 Å². The highest BCUT2D eigenvalue weighted by Gasteiger charge is 2.45. The second-order valence-electron chi connectivity index (χ2n) is 11.4. The number of benzene rings is 2. The average molecular weight is 609 g/mol. The first-order chi connectivity index (χ1) is 21.4. The summed E-state index contributed by atoms with van der Waals surface area (Å²) in [7, 11) is 0. The van der Waals surface area contributed by atoms with Crippen LogP contribution in [-0.4, -0.2) is 55.0 Å². The second kappa shape index (κ2) is 11.2. The Kier molecular flexibility index (Phi) is 7.33. The number of primary amides is 1. The zero-order valence-corrected chi connectivity index (χ0v) is 24.6. The van der Waals surface area contributed by atoms with Crippen molar-refractivity contribution in [1.82, 2.24) is 30.2 Å². The number of aliphatic hydroxyl groups is 1. The molecule has 1 aliphatic heterocycles. The minimum absolute atomic E-state index is 0.0208. The van der Waals surface area contributed by atoms with Crippen molar-refractivity contribution in [2.45, 2.75) is 31.8 Å². The minimum atomic E-state index is -1.71. The van der Waals surface area contributed by atoms with Crippen molar-refractivity contribution in [1.29, 1.82) is 0 Å². The lowest BCUT2D eigenvalue weighted by atomic mass is 9.82. The second-order valence-corrected chi connectivity index (χ2v) is 11.4. The smallest absolute Gasteiger partial charge is 0.251 e. The van der Waals surface area contributed by atoms with Crippen LogP contribution >= 0.6 is 0 Å². The van der Waals surface area contributed by atoms with Gasteiger partial charge in [-0.15, -0.1) is 0 Å². The maximum atomic E-state index is 13.7. The molecule has 0 unspecified atom stereocenters. The normalized spacial score (nSPS) is 16.8. The summed E-state index contributed by atoms with van der Waals surface area (Å²) in [4.78, 5) is 47.2. The Morgan fingerprint density at radius 2 is 1.84 bits per heavy atom. The summed E-state index contributed by atoms with van der Waals surface area (Å²) in [6.07, 6.45) is 4.41. The number of hydrogen-bond donors (Lipinski definition) is 4. The first kappa shape index (κ1) is 29.5. The number of nitrogens with zero attached hydrogens (tertiary/aromatic N) is 5. The lowest BCUT2D eigenvalue weighted by Crippen LogP contribution is -2.41. The van der Waals surface area contributed by atoms with Crippen LogP contribution in [0, 0.1) is 12.7 Å². The molecule has 6 rings (SSSR count). The fraction of sp³-hybridized carbons (Fsp3) is 0.219. The lowest BCUT2D eigenvalue weighted by Gasteiger charge is -2.26. The predicted octanol–water partition coefficient (Wildman–Crippen LogP) is 3.45. The van der Waals surface area contributed by atoms with Gasteiger partial charge in [0.1, 0.15) is 47.5 Å². The molecule has 4 heterocycles. The molecule has 0 saturated heterocycles. The number of nitrogens with two attached hydrogens (primary N) is 1. The summed E-state index contributed by atoms with van der Waals surface area (Å²) in [5, 5.41) is 18.2. The number of ether oxygens (including phenoxy) is 1. The van der Waals surface area contributed by atoms with Crippen LogP contribution in [0.15, 0.2) is 67.4 Å². The van der Waals surface area contributed by atoms with Crippen molar-refractivity contribution < 1.29 is 23.8 Å². The summed E-state index contributed by atoms with van der Waals surface area (Å²) in [6.45, 7) is 4.78. The molecule has 0 spiro atoms. The standard InChI is InChI=1S/C32H29FN8O4/c1-17-8-19-9-20(10-23(25(19)36-12-17)40-30-38-15-35-16-39-30)28(42)37-13-32(3,44)24-11-22-27(45-14-31(22,2)29(34)43)26(41-24)18-4-6-21(33)7-5-18/h4-12,15-16,44H,13-14H2,1-3H3,(H2,34,43)(H,37,42)(H,35,38,39,40)/t31-,32-/m0/s1. The van der Waals surface area contributed by atoms with Gasteiger partial charge in [-0.25, -0.2) is 24.3 Å². The quantitative estimate of drug-likeness (QED) is 0.204. The van der Waals surface area contributed by atoms with Crippen LogP contribution in [0.4, 0.5) is 16.0 Å². The zero-order valence-electron chi connectivity index (χ0n) is 24.6. The Morgan fingerprint density at radius 3 is 2.56 bits per heavy atom. The van der Waals surface area contributed by atoms with Crippen molar-refractivity contribution in [3.63, 3.8) is 0 Å². The summed E-state index contributed by atoms with van der Waals surface area (Å²) in [5.41, 5.74) is 6.60. The summed E-state index contributed by atoms with van der Waals surface area (Å²) < 4.78 is 19.6. The molecule has 45 heavy (non-hydrogen) atoms. The van der Waals surface area contributed by atoms with Crippen LogP contribution in [-0.2, 0) is 15.8 Å². The van der Waals surface area contributed by atoms with E-state index in [9.17, 15) is 19.1 Å². The Morgan fingerprint density at radius 1 is 1.11 bits per heavy atom. The van der Waals surface area contributed by atoms with Crippen molar-refractivity contribution in [2.75, 3.05) is 18.5 Å². The van der Waals surface area contributed by atoms with E-state index in [1.165, 1.54) is 43.8 Å². The average Bonchev–Trinajstić information content (AvgIpc) is 3.38. The van der Waals surface area contributed by atoms with E-state index in [2.05, 4.69) is 35.6 Å². The van der Waals surface area contributed by atoms with Crippen LogP contribution in [0.5, 0.6) is 5.75 Å². The highest BCUT2D eigenvalue weighted by molar-refractivity contribution is 6.02. The number of carbonyl (C=O) groups is 2. The number of nitrogens with one attached hydrogen (secondary N) is 2. The summed E-state index contributed by atoms with van der Waals surface area (Å²) in [6, 6.07) is 12.4. The molecule has 0 aliphatic carbocycles. The topological polar surface area (TPSA) is 178 Å². The molecular weight excluding hydrogens is 579 g/mol. The van der Waals surface area contributed by atoms with E-state index >= 15 is 0 Å². The monoisotopic (exact) mass is 608 g/mol. The molecule has 12 nitrogen and oxygen atoms in total. The van der Waals surface area contributed by atoms with E-state index in [0.717, 1.165) is 5.56 Å². The van der Waals surface area contributed by atoms with Crippen LogP contribution in [0.25, 0.3) is 22.2 Å². The molecule has 0 saturated carbocycles. The number of fused-ring (bicyclic) bond motifs is 2. The van der Waals surface area contributed by atoms with Crippen molar-refractivity contribution in [3.8, 4) is 17.0 Å². The third-order valence-corrected chi connectivity index (χ3v) is 7.80. The number of pyridine rings is 2. The first-order valence-electron chi connectivity index (χ1n) is 14.0. The Labute approximate surface area is 256 Å². The van der Waals surface area contributed by atoms with E-state index < -0.39 is 28.6 Å². The molecule has 0 radical (unpaired) electrons. The largest absolute Gasteiger partial charge is 0.489 e. The van der Waals surface area contributed by atoms with Crippen LogP contribution in [0.2, 0.25) is 0 Å². The van der Waals surface area contributed by atoms with E-state index in [4.69, 9.17) is 10.5 Å². The molecule has 2 amide bonds. The predicted molar refractivity (Wildman–Crippen MR) is 163 cm³/mol. The van der Waals surface area contributed by atoms with Gasteiger partial charge in [-0.05, 0) is 74.9 Å². The van der Waals surface area contributed by atoms with Gasteiger partial charge in [-0.2, -0.15) is 0 Å². The number of halogens is 1. The number of rotatable bonds is 8.